The lowest BCUT2D eigenvalue weighted by Gasteiger charge is -2.31. The Hall–Kier alpha value is -2.24. The summed E-state index contributed by atoms with van der Waals surface area (Å²) in [4.78, 5) is 27.0. The third-order valence-electron chi connectivity index (χ3n) is 5.25. The van der Waals surface area contributed by atoms with E-state index >= 15 is 0 Å². The SMILES string of the molecule is CCOC(=O)c1cc2c(ccn2C)n1CC(=O)N(C)C1CCCCC1. The van der Waals surface area contributed by atoms with Gasteiger partial charge in [-0.2, -0.15) is 0 Å². The van der Waals surface area contributed by atoms with Crippen LogP contribution in [0.3, 0.4) is 0 Å². The molecule has 2 aromatic rings. The summed E-state index contributed by atoms with van der Waals surface area (Å²) in [5.74, 6) is -0.342. The fourth-order valence-corrected chi connectivity index (χ4v) is 3.73. The molecule has 3 rings (SSSR count). The van der Waals surface area contributed by atoms with Crippen LogP contribution in [0.4, 0.5) is 0 Å². The van der Waals surface area contributed by atoms with Crippen molar-refractivity contribution in [3.8, 4) is 0 Å². The van der Waals surface area contributed by atoms with Crippen LogP contribution >= 0.6 is 0 Å². The van der Waals surface area contributed by atoms with Gasteiger partial charge in [0.05, 0.1) is 17.6 Å². The summed E-state index contributed by atoms with van der Waals surface area (Å²) in [6, 6.07) is 4.06. The Bertz CT molecular complexity index is 768. The van der Waals surface area contributed by atoms with Crippen LogP contribution in [-0.4, -0.2) is 45.6 Å². The molecule has 1 fully saturated rings. The topological polar surface area (TPSA) is 56.5 Å². The lowest BCUT2D eigenvalue weighted by atomic mass is 9.94. The molecule has 136 valence electrons. The van der Waals surface area contributed by atoms with Gasteiger partial charge in [-0.25, -0.2) is 4.79 Å². The minimum atomic E-state index is -0.383. The van der Waals surface area contributed by atoms with Crippen molar-refractivity contribution >= 4 is 22.9 Å². The maximum Gasteiger partial charge on any atom is 0.355 e. The summed E-state index contributed by atoms with van der Waals surface area (Å²) < 4.78 is 8.91. The second kappa shape index (κ2) is 7.33. The van der Waals surface area contributed by atoms with Gasteiger partial charge in [0.25, 0.3) is 0 Å². The van der Waals surface area contributed by atoms with Gasteiger partial charge in [0.2, 0.25) is 5.91 Å². The smallest absolute Gasteiger partial charge is 0.355 e. The molecule has 1 aliphatic carbocycles. The number of amides is 1. The van der Waals surface area contributed by atoms with Crippen molar-refractivity contribution in [3.05, 3.63) is 24.0 Å². The van der Waals surface area contributed by atoms with Crippen LogP contribution < -0.4 is 0 Å². The Balaban J connectivity index is 1.87. The first kappa shape index (κ1) is 17.6. The van der Waals surface area contributed by atoms with E-state index in [-0.39, 0.29) is 18.4 Å². The number of fused-ring (bicyclic) bond motifs is 1. The molecule has 25 heavy (non-hydrogen) atoms. The number of rotatable bonds is 5. The highest BCUT2D eigenvalue weighted by molar-refractivity contribution is 5.96. The summed E-state index contributed by atoms with van der Waals surface area (Å²) in [6.45, 7) is 2.26. The van der Waals surface area contributed by atoms with E-state index in [0.717, 1.165) is 23.9 Å². The van der Waals surface area contributed by atoms with Gasteiger partial charge in [0.1, 0.15) is 12.2 Å². The molecule has 6 nitrogen and oxygen atoms in total. The van der Waals surface area contributed by atoms with Crippen LogP contribution in [0.1, 0.15) is 49.5 Å². The molecule has 1 aliphatic rings. The van der Waals surface area contributed by atoms with Crippen LogP contribution in [-0.2, 0) is 23.1 Å². The number of carbonyl (C=O) groups excluding carboxylic acids is 2. The zero-order valence-corrected chi connectivity index (χ0v) is 15.3. The number of hydrogen-bond acceptors (Lipinski definition) is 3. The monoisotopic (exact) mass is 345 g/mol. The lowest BCUT2D eigenvalue weighted by molar-refractivity contribution is -0.133. The van der Waals surface area contributed by atoms with Gasteiger partial charge in [0.15, 0.2) is 0 Å². The minimum Gasteiger partial charge on any atom is -0.461 e. The van der Waals surface area contributed by atoms with Gasteiger partial charge in [0, 0.05) is 26.3 Å². The second-order valence-corrected chi connectivity index (χ2v) is 6.83. The summed E-state index contributed by atoms with van der Waals surface area (Å²) in [5, 5.41) is 0. The third-order valence-corrected chi connectivity index (χ3v) is 5.25. The third kappa shape index (κ3) is 3.43. The zero-order chi connectivity index (χ0) is 18.0. The van der Waals surface area contributed by atoms with Crippen LogP contribution in [0.5, 0.6) is 0 Å². The van der Waals surface area contributed by atoms with E-state index in [1.165, 1.54) is 19.3 Å². The molecule has 1 amide bonds. The lowest BCUT2D eigenvalue weighted by Crippen LogP contribution is -2.40. The highest BCUT2D eigenvalue weighted by Crippen LogP contribution is 2.24. The molecule has 0 bridgehead atoms. The molecule has 0 aliphatic heterocycles. The number of carbonyl (C=O) groups is 2. The van der Waals surface area contributed by atoms with Crippen molar-refractivity contribution in [2.45, 2.75) is 51.6 Å². The predicted molar refractivity (Wildman–Crippen MR) is 96.5 cm³/mol. The number of hydrogen-bond donors (Lipinski definition) is 0. The summed E-state index contributed by atoms with van der Waals surface area (Å²) in [7, 11) is 3.81. The van der Waals surface area contributed by atoms with Gasteiger partial charge in [-0.05, 0) is 31.9 Å². The molecule has 0 N–H and O–H groups in total. The van der Waals surface area contributed by atoms with Crippen molar-refractivity contribution < 1.29 is 14.3 Å². The maximum absolute atomic E-state index is 12.8. The number of aryl methyl sites for hydroxylation is 1. The Morgan fingerprint density at radius 1 is 1.24 bits per heavy atom. The average Bonchev–Trinajstić information content (AvgIpc) is 3.16. The first-order valence-electron chi connectivity index (χ1n) is 9.10. The van der Waals surface area contributed by atoms with E-state index in [1.807, 2.05) is 35.8 Å². The molecule has 0 saturated heterocycles. The number of ether oxygens (including phenoxy) is 1. The van der Waals surface area contributed by atoms with Crippen molar-refractivity contribution in [1.82, 2.24) is 14.0 Å². The molecule has 0 radical (unpaired) electrons. The molecule has 2 heterocycles. The Labute approximate surface area is 148 Å². The standard InChI is InChI=1S/C19H27N3O3/c1-4-25-19(24)17-12-16-15(10-11-20(16)2)22(17)13-18(23)21(3)14-8-6-5-7-9-14/h10-12,14H,4-9,13H2,1-3H3. The van der Waals surface area contributed by atoms with E-state index in [4.69, 9.17) is 4.74 Å². The van der Waals surface area contributed by atoms with E-state index < -0.39 is 0 Å². The molecule has 0 spiro atoms. The van der Waals surface area contributed by atoms with Gasteiger partial charge in [-0.3, -0.25) is 4.79 Å². The first-order chi connectivity index (χ1) is 12.0. The predicted octanol–water partition coefficient (Wildman–Crippen LogP) is 2.95. The number of nitrogens with zero attached hydrogens (tertiary/aromatic N) is 3. The van der Waals surface area contributed by atoms with Crippen LogP contribution in [0.15, 0.2) is 18.3 Å². The number of esters is 1. The van der Waals surface area contributed by atoms with E-state index in [1.54, 1.807) is 17.6 Å². The molecular weight excluding hydrogens is 318 g/mol. The van der Waals surface area contributed by atoms with Crippen molar-refractivity contribution in [2.24, 2.45) is 7.05 Å². The molecule has 0 aromatic carbocycles. The first-order valence-corrected chi connectivity index (χ1v) is 9.10. The Morgan fingerprint density at radius 2 is 1.96 bits per heavy atom. The fraction of sp³-hybridized carbons (Fsp3) is 0.579. The normalized spacial score (nSPS) is 15.5. The van der Waals surface area contributed by atoms with Crippen LogP contribution in [0.25, 0.3) is 11.0 Å². The van der Waals surface area contributed by atoms with E-state index in [9.17, 15) is 9.59 Å². The summed E-state index contributed by atoms with van der Waals surface area (Å²) in [5.41, 5.74) is 2.25. The molecular formula is C19H27N3O3. The van der Waals surface area contributed by atoms with Crippen LogP contribution in [0.2, 0.25) is 0 Å². The Kier molecular flexibility index (Phi) is 5.16. The average molecular weight is 345 g/mol. The number of aromatic nitrogens is 2. The highest BCUT2D eigenvalue weighted by atomic mass is 16.5. The van der Waals surface area contributed by atoms with Crippen LogP contribution in [0, 0.1) is 0 Å². The van der Waals surface area contributed by atoms with Crippen molar-refractivity contribution in [2.75, 3.05) is 13.7 Å². The largest absolute Gasteiger partial charge is 0.461 e. The van der Waals surface area contributed by atoms with Crippen molar-refractivity contribution in [3.63, 3.8) is 0 Å². The van der Waals surface area contributed by atoms with E-state index in [0.29, 0.717) is 18.3 Å². The molecule has 2 aromatic heterocycles. The quantitative estimate of drug-likeness (QED) is 0.783. The molecule has 0 unspecified atom stereocenters. The van der Waals surface area contributed by atoms with E-state index in [2.05, 4.69) is 0 Å². The fourth-order valence-electron chi connectivity index (χ4n) is 3.73. The molecule has 6 heteroatoms. The maximum atomic E-state index is 12.8. The second-order valence-electron chi connectivity index (χ2n) is 6.83. The molecule has 0 atom stereocenters. The molecule has 1 saturated carbocycles. The Morgan fingerprint density at radius 3 is 2.64 bits per heavy atom. The minimum absolute atomic E-state index is 0.0406. The van der Waals surface area contributed by atoms with Crippen molar-refractivity contribution in [1.29, 1.82) is 0 Å². The summed E-state index contributed by atoms with van der Waals surface area (Å²) in [6.07, 6.45) is 7.70. The number of likely N-dealkylation sites (N-methyl/N-ethyl adjacent to an activating group) is 1. The van der Waals surface area contributed by atoms with Gasteiger partial charge >= 0.3 is 5.97 Å². The van der Waals surface area contributed by atoms with Gasteiger partial charge in [-0.1, -0.05) is 19.3 Å². The highest BCUT2D eigenvalue weighted by Gasteiger charge is 2.25. The zero-order valence-electron chi connectivity index (χ0n) is 15.3. The van der Waals surface area contributed by atoms with Gasteiger partial charge < -0.3 is 18.8 Å². The van der Waals surface area contributed by atoms with Gasteiger partial charge in [-0.15, -0.1) is 0 Å². The summed E-state index contributed by atoms with van der Waals surface area (Å²) >= 11 is 0.